The van der Waals surface area contributed by atoms with Crippen LogP contribution in [0.5, 0.6) is 0 Å². The molecule has 1 amide bonds. The summed E-state index contributed by atoms with van der Waals surface area (Å²) in [5.41, 5.74) is 1.31. The van der Waals surface area contributed by atoms with E-state index in [0.29, 0.717) is 24.3 Å². The molecule has 0 bridgehead atoms. The second-order valence-electron chi connectivity index (χ2n) is 7.32. The fraction of sp³-hybridized carbons (Fsp3) is 0.619. The molecule has 1 atom stereocenters. The van der Waals surface area contributed by atoms with E-state index >= 15 is 0 Å². The van der Waals surface area contributed by atoms with Crippen molar-refractivity contribution in [3.8, 4) is 0 Å². The summed E-state index contributed by atoms with van der Waals surface area (Å²) in [6.07, 6.45) is 1.93. The van der Waals surface area contributed by atoms with Crippen LogP contribution >= 0.6 is 11.8 Å². The molecule has 1 aromatic carbocycles. The molecule has 1 N–H and O–H groups in total. The SMILES string of the molecule is CC(C)NC(=O)CCSCC(=O)CCC1CN(Cc2ccccc2)CCO1. The Labute approximate surface area is 167 Å². The number of nitrogens with one attached hydrogen (secondary N) is 1. The standard InChI is InChI=1S/C21H32N2O3S/c1-17(2)22-21(25)10-13-27-16-19(24)8-9-20-15-23(11-12-26-20)14-18-6-4-3-5-7-18/h3-7,17,20H,8-16H2,1-2H3,(H,22,25). The maximum Gasteiger partial charge on any atom is 0.221 e. The van der Waals surface area contributed by atoms with Crippen LogP contribution in [0.4, 0.5) is 0 Å². The molecule has 0 saturated carbocycles. The first-order chi connectivity index (χ1) is 13.0. The molecule has 2 rings (SSSR count). The normalized spacial score (nSPS) is 17.8. The number of morpholine rings is 1. The lowest BCUT2D eigenvalue weighted by atomic mass is 10.1. The largest absolute Gasteiger partial charge is 0.376 e. The van der Waals surface area contributed by atoms with E-state index in [1.54, 1.807) is 11.8 Å². The lowest BCUT2D eigenvalue weighted by molar-refractivity contribution is -0.121. The Morgan fingerprint density at radius 1 is 1.26 bits per heavy atom. The first kappa shape index (κ1) is 21.9. The number of carbonyl (C=O) groups is 2. The van der Waals surface area contributed by atoms with Crippen LogP contribution in [-0.2, 0) is 20.9 Å². The van der Waals surface area contributed by atoms with Crippen LogP contribution in [0.15, 0.2) is 30.3 Å². The van der Waals surface area contributed by atoms with Gasteiger partial charge in [0.1, 0.15) is 5.78 Å². The topological polar surface area (TPSA) is 58.6 Å². The zero-order valence-corrected chi connectivity index (χ0v) is 17.3. The lowest BCUT2D eigenvalue weighted by Gasteiger charge is -2.33. The molecule has 0 spiro atoms. The highest BCUT2D eigenvalue weighted by Gasteiger charge is 2.21. The average molecular weight is 393 g/mol. The zero-order valence-electron chi connectivity index (χ0n) is 16.5. The second kappa shape index (κ2) is 12.2. The van der Waals surface area contributed by atoms with Gasteiger partial charge in [-0.2, -0.15) is 11.8 Å². The minimum atomic E-state index is 0.0547. The summed E-state index contributed by atoms with van der Waals surface area (Å²) in [6.45, 7) is 7.37. The Bertz CT molecular complexity index is 580. The molecule has 0 aliphatic carbocycles. The predicted molar refractivity (Wildman–Crippen MR) is 111 cm³/mol. The molecule has 1 unspecified atom stereocenters. The predicted octanol–water partition coefficient (Wildman–Crippen LogP) is 2.88. The minimum Gasteiger partial charge on any atom is -0.376 e. The van der Waals surface area contributed by atoms with E-state index < -0.39 is 0 Å². The van der Waals surface area contributed by atoms with Gasteiger partial charge in [0.05, 0.1) is 18.5 Å². The quantitative estimate of drug-likeness (QED) is 0.587. The van der Waals surface area contributed by atoms with Crippen molar-refractivity contribution in [2.45, 2.75) is 51.8 Å². The highest BCUT2D eigenvalue weighted by Crippen LogP contribution is 2.15. The third-order valence-electron chi connectivity index (χ3n) is 4.40. The van der Waals surface area contributed by atoms with E-state index in [1.807, 2.05) is 19.9 Å². The number of rotatable bonds is 11. The van der Waals surface area contributed by atoms with E-state index in [9.17, 15) is 9.59 Å². The molecule has 0 radical (unpaired) electrons. The van der Waals surface area contributed by atoms with E-state index in [1.165, 1.54) is 5.56 Å². The fourth-order valence-electron chi connectivity index (χ4n) is 3.08. The van der Waals surface area contributed by atoms with Crippen LogP contribution in [0.25, 0.3) is 0 Å². The molecule has 1 fully saturated rings. The highest BCUT2D eigenvalue weighted by molar-refractivity contribution is 7.99. The lowest BCUT2D eigenvalue weighted by Crippen LogP contribution is -2.42. The molecular weight excluding hydrogens is 360 g/mol. The van der Waals surface area contributed by atoms with E-state index in [2.05, 4.69) is 34.5 Å². The van der Waals surface area contributed by atoms with Crippen molar-refractivity contribution < 1.29 is 14.3 Å². The maximum atomic E-state index is 12.1. The number of hydrogen-bond donors (Lipinski definition) is 1. The van der Waals surface area contributed by atoms with Crippen LogP contribution in [-0.4, -0.2) is 59.9 Å². The molecule has 150 valence electrons. The zero-order chi connectivity index (χ0) is 19.5. The third kappa shape index (κ3) is 9.40. The summed E-state index contributed by atoms with van der Waals surface area (Å²) in [4.78, 5) is 26.1. The number of benzene rings is 1. The second-order valence-corrected chi connectivity index (χ2v) is 8.42. The molecule has 1 heterocycles. The summed E-state index contributed by atoms with van der Waals surface area (Å²) >= 11 is 1.54. The Kier molecular flexibility index (Phi) is 9.87. The van der Waals surface area contributed by atoms with E-state index in [4.69, 9.17) is 4.74 Å². The number of ketones is 1. The summed E-state index contributed by atoms with van der Waals surface area (Å²) in [6, 6.07) is 10.6. The number of carbonyl (C=O) groups excluding carboxylic acids is 2. The Balaban J connectivity index is 1.58. The van der Waals surface area contributed by atoms with Crippen molar-refractivity contribution >= 4 is 23.5 Å². The van der Waals surface area contributed by atoms with Gasteiger partial charge < -0.3 is 10.1 Å². The smallest absolute Gasteiger partial charge is 0.221 e. The van der Waals surface area contributed by atoms with Gasteiger partial charge in [0.2, 0.25) is 5.91 Å². The number of nitrogens with zero attached hydrogens (tertiary/aromatic N) is 1. The summed E-state index contributed by atoms with van der Waals surface area (Å²) in [5.74, 6) is 1.47. The highest BCUT2D eigenvalue weighted by atomic mass is 32.2. The van der Waals surface area contributed by atoms with Gasteiger partial charge in [-0.25, -0.2) is 0 Å². The van der Waals surface area contributed by atoms with Gasteiger partial charge in [0, 0.05) is 44.3 Å². The van der Waals surface area contributed by atoms with Gasteiger partial charge in [0.25, 0.3) is 0 Å². The van der Waals surface area contributed by atoms with Crippen LogP contribution in [0.3, 0.4) is 0 Å². The van der Waals surface area contributed by atoms with E-state index in [0.717, 1.165) is 32.7 Å². The third-order valence-corrected chi connectivity index (χ3v) is 5.42. The Morgan fingerprint density at radius 3 is 2.78 bits per heavy atom. The van der Waals surface area contributed by atoms with Crippen LogP contribution < -0.4 is 5.32 Å². The first-order valence-electron chi connectivity index (χ1n) is 9.79. The van der Waals surface area contributed by atoms with Gasteiger partial charge in [0.15, 0.2) is 0 Å². The summed E-state index contributed by atoms with van der Waals surface area (Å²) in [5, 5.41) is 2.86. The Morgan fingerprint density at radius 2 is 2.04 bits per heavy atom. The fourth-order valence-corrected chi connectivity index (χ4v) is 3.93. The van der Waals surface area contributed by atoms with Crippen molar-refractivity contribution in [3.05, 3.63) is 35.9 Å². The van der Waals surface area contributed by atoms with Gasteiger partial charge in [-0.15, -0.1) is 0 Å². The van der Waals surface area contributed by atoms with Crippen molar-refractivity contribution in [1.82, 2.24) is 10.2 Å². The van der Waals surface area contributed by atoms with E-state index in [-0.39, 0.29) is 23.8 Å². The molecule has 5 nitrogen and oxygen atoms in total. The number of hydrogen-bond acceptors (Lipinski definition) is 5. The molecule has 1 aliphatic heterocycles. The molecule has 1 aromatic rings. The Hall–Kier alpha value is -1.37. The van der Waals surface area contributed by atoms with Crippen LogP contribution in [0.2, 0.25) is 0 Å². The average Bonchev–Trinajstić information content (AvgIpc) is 2.64. The number of thioether (sulfide) groups is 1. The van der Waals surface area contributed by atoms with Crippen LogP contribution in [0.1, 0.15) is 38.7 Å². The summed E-state index contributed by atoms with van der Waals surface area (Å²) < 4.78 is 5.84. The monoisotopic (exact) mass is 392 g/mol. The van der Waals surface area contributed by atoms with Gasteiger partial charge in [-0.1, -0.05) is 30.3 Å². The molecule has 1 aliphatic rings. The molecule has 27 heavy (non-hydrogen) atoms. The first-order valence-corrected chi connectivity index (χ1v) is 10.9. The van der Waals surface area contributed by atoms with Crippen molar-refractivity contribution in [2.24, 2.45) is 0 Å². The molecule has 0 aromatic heterocycles. The number of Topliss-reactive ketones (excluding diaryl/α,β-unsaturated/α-hetero) is 1. The van der Waals surface area contributed by atoms with Crippen molar-refractivity contribution in [1.29, 1.82) is 0 Å². The van der Waals surface area contributed by atoms with Crippen molar-refractivity contribution in [2.75, 3.05) is 31.2 Å². The van der Waals surface area contributed by atoms with Gasteiger partial charge >= 0.3 is 0 Å². The maximum absolute atomic E-state index is 12.1. The molecule has 1 saturated heterocycles. The van der Waals surface area contributed by atoms with Gasteiger partial charge in [-0.3, -0.25) is 14.5 Å². The van der Waals surface area contributed by atoms with Crippen LogP contribution in [0, 0.1) is 0 Å². The van der Waals surface area contributed by atoms with Gasteiger partial charge in [-0.05, 0) is 25.8 Å². The molecule has 6 heteroatoms. The molecular formula is C21H32N2O3S. The van der Waals surface area contributed by atoms with Crippen molar-refractivity contribution in [3.63, 3.8) is 0 Å². The minimum absolute atomic E-state index is 0.0547. The number of amides is 1. The number of ether oxygens (including phenoxy) is 1. The summed E-state index contributed by atoms with van der Waals surface area (Å²) in [7, 11) is 0.